The average molecular weight is 487 g/mol. The molecular weight excluding hydrogens is 443 g/mol. The van der Waals surface area contributed by atoms with Crippen molar-refractivity contribution in [2.45, 2.75) is 76.9 Å². The Bertz CT molecular complexity index is 905. The van der Waals surface area contributed by atoms with Gasteiger partial charge in [-0.1, -0.05) is 58.6 Å². The highest BCUT2D eigenvalue weighted by atomic mass is 32.2. The summed E-state index contributed by atoms with van der Waals surface area (Å²) in [6.45, 7) is 13.9. The molecule has 0 amide bonds. The maximum Gasteiger partial charge on any atom is 0.109 e. The van der Waals surface area contributed by atoms with Crippen molar-refractivity contribution in [3.63, 3.8) is 0 Å². The van der Waals surface area contributed by atoms with Crippen LogP contribution in [-0.2, 0) is 6.54 Å². The minimum Gasteiger partial charge on any atom is -0.381 e. The molecule has 4 rings (SSSR count). The normalized spacial score (nSPS) is 13.8. The van der Waals surface area contributed by atoms with E-state index in [1.165, 1.54) is 24.1 Å². The summed E-state index contributed by atoms with van der Waals surface area (Å²) < 4.78 is 14.7. The number of aromatic nitrogens is 3. The van der Waals surface area contributed by atoms with Gasteiger partial charge < -0.3 is 9.47 Å². The van der Waals surface area contributed by atoms with Crippen LogP contribution in [-0.4, -0.2) is 40.2 Å². The molecule has 0 aliphatic heterocycles. The molecule has 0 aromatic carbocycles. The van der Waals surface area contributed by atoms with Crippen LogP contribution in [0.3, 0.4) is 0 Å². The van der Waals surface area contributed by atoms with E-state index in [1.54, 1.807) is 18.1 Å². The molecule has 34 heavy (non-hydrogen) atoms. The fraction of sp³-hybridized carbons (Fsp3) is 0.500. The lowest BCUT2D eigenvalue weighted by Gasteiger charge is -2.13. The topological polar surface area (TPSA) is 34.0 Å². The number of halogens is 1. The Morgan fingerprint density at radius 2 is 1.88 bits per heavy atom. The third kappa shape index (κ3) is 9.49. The Morgan fingerprint density at radius 1 is 1.18 bits per heavy atom. The van der Waals surface area contributed by atoms with Gasteiger partial charge in [-0.3, -0.25) is 0 Å². The summed E-state index contributed by atoms with van der Waals surface area (Å²) in [7, 11) is 4.11. The first-order valence-electron chi connectivity index (χ1n) is 12.4. The highest BCUT2D eigenvalue weighted by Crippen LogP contribution is 2.36. The van der Waals surface area contributed by atoms with Crippen molar-refractivity contribution < 1.29 is 4.39 Å². The molecule has 1 fully saturated rings. The van der Waals surface area contributed by atoms with E-state index < -0.39 is 6.67 Å². The van der Waals surface area contributed by atoms with Gasteiger partial charge in [-0.05, 0) is 67.5 Å². The molecule has 0 radical (unpaired) electrons. The molecule has 0 spiro atoms. The number of rotatable bonds is 7. The Labute approximate surface area is 211 Å². The predicted molar refractivity (Wildman–Crippen MR) is 146 cm³/mol. The zero-order valence-electron chi connectivity index (χ0n) is 22.1. The molecule has 0 bridgehead atoms. The Kier molecular flexibility index (Phi) is 14.2. The average Bonchev–Trinajstić information content (AvgIpc) is 3.66. The van der Waals surface area contributed by atoms with Gasteiger partial charge in [0.15, 0.2) is 0 Å². The maximum absolute atomic E-state index is 12.8. The molecule has 2 aliphatic carbocycles. The van der Waals surface area contributed by atoms with E-state index in [0.29, 0.717) is 6.54 Å². The summed E-state index contributed by atoms with van der Waals surface area (Å²) >= 11 is 1.55. The number of pyridine rings is 1. The van der Waals surface area contributed by atoms with Crippen LogP contribution in [0.25, 0.3) is 5.57 Å². The number of hydrogen-bond acceptors (Lipinski definition) is 4. The predicted octanol–water partition coefficient (Wildman–Crippen LogP) is 7.96. The molecule has 188 valence electrons. The van der Waals surface area contributed by atoms with E-state index in [0.717, 1.165) is 40.1 Å². The Hall–Kier alpha value is -2.34. The van der Waals surface area contributed by atoms with Gasteiger partial charge in [0.25, 0.3) is 0 Å². The lowest BCUT2D eigenvalue weighted by atomic mass is 10.0. The van der Waals surface area contributed by atoms with E-state index >= 15 is 0 Å². The van der Waals surface area contributed by atoms with Crippen LogP contribution in [0, 0.1) is 12.8 Å². The van der Waals surface area contributed by atoms with Gasteiger partial charge in [-0.15, -0.1) is 0 Å². The van der Waals surface area contributed by atoms with Gasteiger partial charge in [0.05, 0.1) is 18.6 Å². The van der Waals surface area contributed by atoms with E-state index in [-0.39, 0.29) is 0 Å². The molecule has 4 nitrogen and oxygen atoms in total. The van der Waals surface area contributed by atoms with Gasteiger partial charge in [-0.25, -0.2) is 14.4 Å². The Balaban J connectivity index is 0.000000403. The zero-order valence-corrected chi connectivity index (χ0v) is 23.0. The highest BCUT2D eigenvalue weighted by molar-refractivity contribution is 7.99. The van der Waals surface area contributed by atoms with E-state index in [2.05, 4.69) is 53.8 Å². The van der Waals surface area contributed by atoms with Crippen LogP contribution in [0.2, 0.25) is 0 Å². The maximum atomic E-state index is 12.8. The second-order valence-corrected chi connectivity index (χ2v) is 8.88. The van der Waals surface area contributed by atoms with Gasteiger partial charge in [-0.2, -0.15) is 0 Å². The highest BCUT2D eigenvalue weighted by Gasteiger charge is 2.25. The molecule has 6 heteroatoms. The first-order chi connectivity index (χ1) is 16.5. The zero-order chi connectivity index (χ0) is 25.5. The molecule has 0 saturated heterocycles. The number of imidazole rings is 1. The molecule has 2 heterocycles. The first kappa shape index (κ1) is 29.7. The van der Waals surface area contributed by atoms with Gasteiger partial charge in [0, 0.05) is 26.0 Å². The molecule has 2 aromatic heterocycles. The lowest BCUT2D eigenvalue weighted by Crippen LogP contribution is -2.10. The van der Waals surface area contributed by atoms with Crippen molar-refractivity contribution in [3.05, 3.63) is 66.4 Å². The molecular formula is C28H43FN4S. The fourth-order valence-corrected chi connectivity index (χ4v) is 4.12. The fourth-order valence-electron chi connectivity index (χ4n) is 3.14. The summed E-state index contributed by atoms with van der Waals surface area (Å²) in [5.74, 6) is 0.824. The SMILES string of the molecule is C=C(C1CC1)N(C)C.CC.CC.Cc1ccc(Sc2c(C3=CC=CCC3)ncn2CCF)nc1. The van der Waals surface area contributed by atoms with E-state index in [1.807, 2.05) is 57.5 Å². The molecule has 0 N–H and O–H groups in total. The monoisotopic (exact) mass is 486 g/mol. The number of allylic oxidation sites excluding steroid dienone is 5. The standard InChI is InChI=1S/C17H18FN3S.C7H13N.2C2H6/c1-13-7-8-15(19-11-13)22-17-16(14-5-3-2-4-6-14)20-12-21(17)10-9-18;1-6(8(2)3)7-4-5-7;2*1-2/h2-3,5,7-8,11-12H,4,6,9-10H2,1H3;7H,1,4-5H2,2-3H3;2*1-2H3. The smallest absolute Gasteiger partial charge is 0.109 e. The quantitative estimate of drug-likeness (QED) is 0.397. The summed E-state index contributed by atoms with van der Waals surface area (Å²) in [6.07, 6.45) is 14.6. The Morgan fingerprint density at radius 3 is 2.35 bits per heavy atom. The molecule has 2 aliphatic rings. The third-order valence-electron chi connectivity index (χ3n) is 5.14. The second-order valence-electron chi connectivity index (χ2n) is 7.88. The van der Waals surface area contributed by atoms with Crippen LogP contribution in [0.5, 0.6) is 0 Å². The third-order valence-corrected chi connectivity index (χ3v) is 6.21. The lowest BCUT2D eigenvalue weighted by molar-refractivity contribution is 0.435. The number of nitrogens with zero attached hydrogens (tertiary/aromatic N) is 4. The van der Waals surface area contributed by atoms with Crippen molar-refractivity contribution in [1.82, 2.24) is 19.4 Å². The second kappa shape index (κ2) is 16.3. The van der Waals surface area contributed by atoms with Crippen LogP contribution in [0.15, 0.2) is 65.2 Å². The van der Waals surface area contributed by atoms with Gasteiger partial charge >= 0.3 is 0 Å². The number of aryl methyl sites for hydroxylation is 2. The van der Waals surface area contributed by atoms with Crippen LogP contribution in [0.1, 0.15) is 64.6 Å². The van der Waals surface area contributed by atoms with Crippen molar-refractivity contribution in [3.8, 4) is 0 Å². The molecule has 2 aromatic rings. The van der Waals surface area contributed by atoms with E-state index in [4.69, 9.17) is 0 Å². The summed E-state index contributed by atoms with van der Waals surface area (Å²) in [4.78, 5) is 11.1. The summed E-state index contributed by atoms with van der Waals surface area (Å²) in [5.41, 5.74) is 4.58. The molecule has 1 saturated carbocycles. The first-order valence-corrected chi connectivity index (χ1v) is 13.2. The summed E-state index contributed by atoms with van der Waals surface area (Å²) in [6, 6.07) is 4.03. The minimum absolute atomic E-state index is 0.324. The number of hydrogen-bond donors (Lipinski definition) is 0. The van der Waals surface area contributed by atoms with Gasteiger partial charge in [0.1, 0.15) is 16.7 Å². The number of alkyl halides is 1. The van der Waals surface area contributed by atoms with Crippen LogP contribution < -0.4 is 0 Å². The van der Waals surface area contributed by atoms with Crippen LogP contribution in [0.4, 0.5) is 4.39 Å². The summed E-state index contributed by atoms with van der Waals surface area (Å²) in [5, 5.41) is 1.87. The van der Waals surface area contributed by atoms with Crippen molar-refractivity contribution in [1.29, 1.82) is 0 Å². The minimum atomic E-state index is -0.399. The van der Waals surface area contributed by atoms with Crippen molar-refractivity contribution >= 4 is 17.3 Å². The molecule has 0 atom stereocenters. The molecule has 0 unspecified atom stereocenters. The van der Waals surface area contributed by atoms with Crippen LogP contribution >= 0.6 is 11.8 Å². The van der Waals surface area contributed by atoms with Crippen molar-refractivity contribution in [2.24, 2.45) is 5.92 Å². The largest absolute Gasteiger partial charge is 0.381 e. The van der Waals surface area contributed by atoms with E-state index in [9.17, 15) is 4.39 Å². The van der Waals surface area contributed by atoms with Crippen molar-refractivity contribution in [2.75, 3.05) is 20.8 Å². The van der Waals surface area contributed by atoms with Gasteiger partial charge in [0.2, 0.25) is 0 Å².